The zero-order chi connectivity index (χ0) is 9.97. The third-order valence-electron chi connectivity index (χ3n) is 1.70. The molecule has 0 unspecified atom stereocenters. The Labute approximate surface area is 84.8 Å². The molecule has 0 spiro atoms. The lowest BCUT2D eigenvalue weighted by Crippen LogP contribution is -1.93. The summed E-state index contributed by atoms with van der Waals surface area (Å²) in [5.74, 6) is 0. The Morgan fingerprint density at radius 1 is 1.43 bits per heavy atom. The zero-order valence-corrected chi connectivity index (χ0v) is 7.85. The molecule has 14 heavy (non-hydrogen) atoms. The first-order valence-electron chi connectivity index (χ1n) is 3.93. The van der Waals surface area contributed by atoms with E-state index in [2.05, 4.69) is 10.1 Å². The number of carbonyl (C=O) groups excluding carboxylic acids is 1. The van der Waals surface area contributed by atoms with E-state index < -0.39 is 0 Å². The molecule has 0 saturated carbocycles. The molecule has 5 heteroatoms. The van der Waals surface area contributed by atoms with Crippen molar-refractivity contribution in [3.63, 3.8) is 0 Å². The Hall–Kier alpha value is -1.68. The number of halogens is 1. The second-order valence-corrected chi connectivity index (χ2v) is 2.99. The molecule has 0 aliphatic rings. The molecule has 70 valence electrons. The van der Waals surface area contributed by atoms with Crippen molar-refractivity contribution < 1.29 is 4.79 Å². The number of fused-ring (bicyclic) bond motifs is 1. The molecule has 2 aromatic rings. The van der Waals surface area contributed by atoms with E-state index in [4.69, 9.17) is 11.6 Å². The van der Waals surface area contributed by atoms with Crippen molar-refractivity contribution in [3.8, 4) is 0 Å². The summed E-state index contributed by atoms with van der Waals surface area (Å²) in [4.78, 5) is 14.2. The van der Waals surface area contributed by atoms with Gasteiger partial charge >= 0.3 is 0 Å². The molecule has 2 aromatic heterocycles. The van der Waals surface area contributed by atoms with E-state index in [9.17, 15) is 4.79 Å². The average molecular weight is 208 g/mol. The SMILES string of the molecule is O=CC=Cc1cnc2ccc(Cl)nn12. The van der Waals surface area contributed by atoms with Crippen LogP contribution in [-0.2, 0) is 4.79 Å². The van der Waals surface area contributed by atoms with Crippen LogP contribution in [0.3, 0.4) is 0 Å². The van der Waals surface area contributed by atoms with Gasteiger partial charge in [0.1, 0.15) is 11.4 Å². The molecule has 0 N–H and O–H groups in total. The van der Waals surface area contributed by atoms with Gasteiger partial charge in [-0.25, -0.2) is 9.50 Å². The fourth-order valence-electron chi connectivity index (χ4n) is 1.12. The predicted molar refractivity (Wildman–Crippen MR) is 53.1 cm³/mol. The Kier molecular flexibility index (Phi) is 2.28. The summed E-state index contributed by atoms with van der Waals surface area (Å²) in [6.45, 7) is 0. The van der Waals surface area contributed by atoms with Gasteiger partial charge in [-0.2, -0.15) is 5.10 Å². The molecule has 0 bridgehead atoms. The molecule has 0 fully saturated rings. The summed E-state index contributed by atoms with van der Waals surface area (Å²) < 4.78 is 1.57. The van der Waals surface area contributed by atoms with Gasteiger partial charge in [0, 0.05) is 0 Å². The van der Waals surface area contributed by atoms with Crippen LogP contribution in [0.1, 0.15) is 5.69 Å². The number of rotatable bonds is 2. The van der Waals surface area contributed by atoms with Gasteiger partial charge in [0.05, 0.1) is 11.9 Å². The normalized spacial score (nSPS) is 11.2. The topological polar surface area (TPSA) is 47.3 Å². The fraction of sp³-hybridized carbons (Fsp3) is 0. The maximum atomic E-state index is 10.1. The van der Waals surface area contributed by atoms with Crippen LogP contribution in [-0.4, -0.2) is 20.9 Å². The molecule has 0 radical (unpaired) electrons. The van der Waals surface area contributed by atoms with Crippen LogP contribution in [0.15, 0.2) is 24.4 Å². The van der Waals surface area contributed by atoms with Gasteiger partial charge in [0.25, 0.3) is 0 Å². The van der Waals surface area contributed by atoms with Crippen molar-refractivity contribution in [3.05, 3.63) is 35.3 Å². The van der Waals surface area contributed by atoms with E-state index in [0.29, 0.717) is 17.1 Å². The van der Waals surface area contributed by atoms with Gasteiger partial charge in [0.15, 0.2) is 5.65 Å². The van der Waals surface area contributed by atoms with Gasteiger partial charge in [-0.05, 0) is 24.3 Å². The first-order chi connectivity index (χ1) is 6.81. The predicted octanol–water partition coefficient (Wildman–Crippen LogP) is 1.59. The smallest absolute Gasteiger partial charge is 0.154 e. The van der Waals surface area contributed by atoms with Crippen LogP contribution >= 0.6 is 11.6 Å². The van der Waals surface area contributed by atoms with E-state index in [1.165, 1.54) is 6.08 Å². The van der Waals surface area contributed by atoms with Gasteiger partial charge in [-0.1, -0.05) is 11.6 Å². The molecular formula is C9H6ClN3O. The number of aldehydes is 1. The van der Waals surface area contributed by atoms with Crippen molar-refractivity contribution in [2.24, 2.45) is 0 Å². The second-order valence-electron chi connectivity index (χ2n) is 2.60. The van der Waals surface area contributed by atoms with Gasteiger partial charge in [0.2, 0.25) is 0 Å². The average Bonchev–Trinajstić information content (AvgIpc) is 2.57. The van der Waals surface area contributed by atoms with Crippen LogP contribution in [0.25, 0.3) is 11.7 Å². The minimum atomic E-state index is 0.385. The minimum Gasteiger partial charge on any atom is -0.299 e. The van der Waals surface area contributed by atoms with Crippen molar-refractivity contribution >= 4 is 29.6 Å². The van der Waals surface area contributed by atoms with E-state index in [-0.39, 0.29) is 0 Å². The summed E-state index contributed by atoms with van der Waals surface area (Å²) in [5, 5.41) is 4.43. The highest BCUT2D eigenvalue weighted by Gasteiger charge is 2.01. The largest absolute Gasteiger partial charge is 0.299 e. The quantitative estimate of drug-likeness (QED) is 0.555. The lowest BCUT2D eigenvalue weighted by atomic mass is 10.4. The van der Waals surface area contributed by atoms with Crippen LogP contribution in [0.4, 0.5) is 0 Å². The standard InChI is InChI=1S/C9H6ClN3O/c10-8-3-4-9-11-6-7(2-1-5-14)13(9)12-8/h1-6H. The number of nitrogens with zero attached hydrogens (tertiary/aromatic N) is 3. The minimum absolute atomic E-state index is 0.385. The Bertz CT molecular complexity index is 504. The molecular weight excluding hydrogens is 202 g/mol. The molecule has 0 saturated heterocycles. The summed E-state index contributed by atoms with van der Waals surface area (Å²) in [6.07, 6.45) is 5.32. The van der Waals surface area contributed by atoms with Crippen molar-refractivity contribution in [2.75, 3.05) is 0 Å². The zero-order valence-electron chi connectivity index (χ0n) is 7.09. The van der Waals surface area contributed by atoms with Crippen LogP contribution in [0, 0.1) is 0 Å². The maximum Gasteiger partial charge on any atom is 0.154 e. The first kappa shape index (κ1) is 8.90. The monoisotopic (exact) mass is 207 g/mol. The third kappa shape index (κ3) is 1.52. The van der Waals surface area contributed by atoms with Crippen molar-refractivity contribution in [1.29, 1.82) is 0 Å². The summed E-state index contributed by atoms with van der Waals surface area (Å²) in [6, 6.07) is 3.42. The molecule has 4 nitrogen and oxygen atoms in total. The van der Waals surface area contributed by atoms with E-state index >= 15 is 0 Å². The summed E-state index contributed by atoms with van der Waals surface area (Å²) in [5.41, 5.74) is 1.41. The van der Waals surface area contributed by atoms with E-state index in [1.54, 1.807) is 28.9 Å². The Morgan fingerprint density at radius 2 is 2.29 bits per heavy atom. The van der Waals surface area contributed by atoms with Crippen LogP contribution < -0.4 is 0 Å². The number of allylic oxidation sites excluding steroid dienone is 1. The lowest BCUT2D eigenvalue weighted by Gasteiger charge is -1.94. The Morgan fingerprint density at radius 3 is 3.07 bits per heavy atom. The number of hydrogen-bond acceptors (Lipinski definition) is 3. The van der Waals surface area contributed by atoms with Gasteiger partial charge < -0.3 is 0 Å². The highest BCUT2D eigenvalue weighted by atomic mass is 35.5. The molecule has 0 aliphatic carbocycles. The van der Waals surface area contributed by atoms with Crippen LogP contribution in [0.2, 0.25) is 5.15 Å². The number of hydrogen-bond donors (Lipinski definition) is 0. The third-order valence-corrected chi connectivity index (χ3v) is 1.90. The van der Waals surface area contributed by atoms with Crippen molar-refractivity contribution in [2.45, 2.75) is 0 Å². The van der Waals surface area contributed by atoms with Gasteiger partial charge in [-0.15, -0.1) is 0 Å². The number of aromatic nitrogens is 3. The van der Waals surface area contributed by atoms with Crippen molar-refractivity contribution in [1.82, 2.24) is 14.6 Å². The maximum absolute atomic E-state index is 10.1. The molecule has 0 aromatic carbocycles. The fourth-order valence-corrected chi connectivity index (χ4v) is 1.26. The summed E-state index contributed by atoms with van der Waals surface area (Å²) in [7, 11) is 0. The Balaban J connectivity index is 2.60. The van der Waals surface area contributed by atoms with E-state index in [0.717, 1.165) is 5.69 Å². The first-order valence-corrected chi connectivity index (χ1v) is 4.31. The highest BCUT2D eigenvalue weighted by molar-refractivity contribution is 6.29. The molecule has 0 atom stereocenters. The summed E-state index contributed by atoms with van der Waals surface area (Å²) >= 11 is 5.73. The second kappa shape index (κ2) is 3.59. The molecule has 2 rings (SSSR count). The van der Waals surface area contributed by atoms with Gasteiger partial charge in [-0.3, -0.25) is 4.79 Å². The lowest BCUT2D eigenvalue weighted by molar-refractivity contribution is -0.104. The molecule has 2 heterocycles. The highest BCUT2D eigenvalue weighted by Crippen LogP contribution is 2.09. The van der Waals surface area contributed by atoms with E-state index in [1.807, 2.05) is 0 Å². The number of carbonyl (C=O) groups is 1. The molecule has 0 amide bonds. The van der Waals surface area contributed by atoms with Crippen LogP contribution in [0.5, 0.6) is 0 Å². The molecule has 0 aliphatic heterocycles. The number of imidazole rings is 1.